The van der Waals surface area contributed by atoms with E-state index in [1.807, 2.05) is 25.7 Å². The van der Waals surface area contributed by atoms with Gasteiger partial charge in [-0.05, 0) is 58.4 Å². The maximum absolute atomic E-state index is 12.1. The summed E-state index contributed by atoms with van der Waals surface area (Å²) in [6.07, 6.45) is 3.65. The summed E-state index contributed by atoms with van der Waals surface area (Å²) in [5, 5.41) is 3.62. The molecule has 0 aromatic rings. The quantitative estimate of drug-likeness (QED) is 0.852. The summed E-state index contributed by atoms with van der Waals surface area (Å²) in [4.78, 5) is 13.9. The molecule has 110 valence electrons. The molecule has 1 saturated carbocycles. The van der Waals surface area contributed by atoms with E-state index < -0.39 is 5.60 Å². The predicted octanol–water partition coefficient (Wildman–Crippen LogP) is 2.63. The van der Waals surface area contributed by atoms with E-state index in [-0.39, 0.29) is 6.09 Å². The Kier molecular flexibility index (Phi) is 4.39. The zero-order valence-corrected chi connectivity index (χ0v) is 12.7. The number of ether oxygens (including phenoxy) is 1. The van der Waals surface area contributed by atoms with Crippen molar-refractivity contribution in [3.05, 3.63) is 0 Å². The molecule has 0 spiro atoms. The van der Waals surface area contributed by atoms with Crippen molar-refractivity contribution in [2.45, 2.75) is 58.6 Å². The molecule has 1 N–H and O–H groups in total. The highest BCUT2D eigenvalue weighted by Gasteiger charge is 2.40. The molecule has 1 heterocycles. The molecular formula is C15H28N2O2. The molecule has 1 amide bonds. The van der Waals surface area contributed by atoms with Crippen molar-refractivity contribution in [3.63, 3.8) is 0 Å². The van der Waals surface area contributed by atoms with Gasteiger partial charge in [-0.3, -0.25) is 0 Å². The topological polar surface area (TPSA) is 41.6 Å². The van der Waals surface area contributed by atoms with Crippen LogP contribution in [0.4, 0.5) is 4.79 Å². The zero-order valence-electron chi connectivity index (χ0n) is 12.7. The molecule has 1 aliphatic heterocycles. The second-order valence-corrected chi connectivity index (χ2v) is 6.90. The number of nitrogens with one attached hydrogen (secondary N) is 1. The third-order valence-electron chi connectivity index (χ3n) is 3.95. The fraction of sp³-hybridized carbons (Fsp3) is 0.933. The summed E-state index contributed by atoms with van der Waals surface area (Å²) in [6, 6.07) is 0.595. The van der Waals surface area contributed by atoms with Crippen LogP contribution >= 0.6 is 0 Å². The van der Waals surface area contributed by atoms with Gasteiger partial charge in [0, 0.05) is 19.1 Å². The summed E-state index contributed by atoms with van der Waals surface area (Å²) in [7, 11) is 0. The summed E-state index contributed by atoms with van der Waals surface area (Å²) < 4.78 is 5.45. The molecule has 0 aromatic carbocycles. The van der Waals surface area contributed by atoms with Gasteiger partial charge in [0.1, 0.15) is 5.60 Å². The Morgan fingerprint density at radius 2 is 2.00 bits per heavy atom. The molecule has 2 unspecified atom stereocenters. The lowest BCUT2D eigenvalue weighted by atomic mass is 9.95. The Morgan fingerprint density at radius 3 is 2.53 bits per heavy atom. The first-order chi connectivity index (χ1) is 8.90. The molecule has 2 rings (SSSR count). The van der Waals surface area contributed by atoms with Crippen LogP contribution in [0.3, 0.4) is 0 Å². The number of hydrogen-bond acceptors (Lipinski definition) is 3. The van der Waals surface area contributed by atoms with Gasteiger partial charge in [0.05, 0.1) is 0 Å². The molecule has 19 heavy (non-hydrogen) atoms. The minimum atomic E-state index is -0.396. The first-order valence-electron chi connectivity index (χ1n) is 7.62. The largest absolute Gasteiger partial charge is 0.444 e. The zero-order chi connectivity index (χ0) is 14.0. The van der Waals surface area contributed by atoms with Crippen LogP contribution in [0.1, 0.15) is 47.0 Å². The van der Waals surface area contributed by atoms with Crippen LogP contribution in [-0.4, -0.2) is 42.3 Å². The second kappa shape index (κ2) is 5.70. The molecule has 4 heteroatoms. The second-order valence-electron chi connectivity index (χ2n) is 6.90. The van der Waals surface area contributed by atoms with Crippen LogP contribution in [0, 0.1) is 11.8 Å². The predicted molar refractivity (Wildman–Crippen MR) is 76.1 cm³/mol. The number of amides is 1. The lowest BCUT2D eigenvalue weighted by molar-refractivity contribution is 0.0284. The monoisotopic (exact) mass is 268 g/mol. The van der Waals surface area contributed by atoms with Gasteiger partial charge in [-0.15, -0.1) is 0 Å². The van der Waals surface area contributed by atoms with Crippen LogP contribution in [0.2, 0.25) is 0 Å². The van der Waals surface area contributed by atoms with Crippen molar-refractivity contribution in [3.8, 4) is 0 Å². The minimum absolute atomic E-state index is 0.152. The van der Waals surface area contributed by atoms with Crippen LogP contribution < -0.4 is 5.32 Å². The van der Waals surface area contributed by atoms with E-state index in [0.29, 0.717) is 12.0 Å². The summed E-state index contributed by atoms with van der Waals surface area (Å²) in [5.74, 6) is 1.43. The third-order valence-corrected chi connectivity index (χ3v) is 3.95. The molecule has 0 bridgehead atoms. The Labute approximate surface area is 116 Å². The fourth-order valence-electron chi connectivity index (χ4n) is 2.98. The normalized spacial score (nSPS) is 25.5. The highest BCUT2D eigenvalue weighted by atomic mass is 16.6. The Bertz CT molecular complexity index is 321. The number of carbonyl (C=O) groups excluding carboxylic acids is 1. The molecule has 0 radical (unpaired) electrons. The molecule has 2 atom stereocenters. The number of nitrogens with zero attached hydrogens (tertiary/aromatic N) is 1. The van der Waals surface area contributed by atoms with E-state index >= 15 is 0 Å². The molecule has 1 saturated heterocycles. The lowest BCUT2D eigenvalue weighted by Crippen LogP contribution is -2.41. The van der Waals surface area contributed by atoms with E-state index in [4.69, 9.17) is 4.74 Å². The van der Waals surface area contributed by atoms with Crippen LogP contribution in [0.15, 0.2) is 0 Å². The van der Waals surface area contributed by atoms with Gasteiger partial charge < -0.3 is 15.0 Å². The van der Waals surface area contributed by atoms with Crippen LogP contribution in [0.5, 0.6) is 0 Å². The molecular weight excluding hydrogens is 240 g/mol. The fourth-order valence-corrected chi connectivity index (χ4v) is 2.98. The Hall–Kier alpha value is -0.770. The van der Waals surface area contributed by atoms with Gasteiger partial charge >= 0.3 is 6.09 Å². The van der Waals surface area contributed by atoms with E-state index in [1.165, 1.54) is 12.8 Å². The third kappa shape index (κ3) is 4.10. The van der Waals surface area contributed by atoms with Gasteiger partial charge in [0.2, 0.25) is 0 Å². The van der Waals surface area contributed by atoms with Gasteiger partial charge in [0.15, 0.2) is 0 Å². The Morgan fingerprint density at radius 1 is 1.32 bits per heavy atom. The number of likely N-dealkylation sites (tertiary alicyclic amines) is 1. The van der Waals surface area contributed by atoms with Crippen molar-refractivity contribution < 1.29 is 9.53 Å². The smallest absolute Gasteiger partial charge is 0.410 e. The Balaban J connectivity index is 1.86. The molecule has 0 aromatic heterocycles. The van der Waals surface area contributed by atoms with Gasteiger partial charge in [0.25, 0.3) is 0 Å². The van der Waals surface area contributed by atoms with Crippen molar-refractivity contribution in [2.75, 3.05) is 19.6 Å². The van der Waals surface area contributed by atoms with Crippen LogP contribution in [0.25, 0.3) is 0 Å². The highest BCUT2D eigenvalue weighted by molar-refractivity contribution is 5.68. The highest BCUT2D eigenvalue weighted by Crippen LogP contribution is 2.38. The molecule has 2 fully saturated rings. The minimum Gasteiger partial charge on any atom is -0.444 e. The van der Waals surface area contributed by atoms with Crippen molar-refractivity contribution >= 4 is 6.09 Å². The SMILES string of the molecule is CCNC(C1CC1)C1CCN(C(=O)OC(C)(C)C)C1. The first-order valence-corrected chi connectivity index (χ1v) is 7.62. The maximum Gasteiger partial charge on any atom is 0.410 e. The van der Waals surface area contributed by atoms with E-state index in [2.05, 4.69) is 12.2 Å². The number of rotatable bonds is 4. The standard InChI is InChI=1S/C15H28N2O2/c1-5-16-13(11-6-7-11)12-8-9-17(10-12)14(18)19-15(2,3)4/h11-13,16H,5-10H2,1-4H3. The van der Waals surface area contributed by atoms with E-state index in [1.54, 1.807) is 0 Å². The summed E-state index contributed by atoms with van der Waals surface area (Å²) >= 11 is 0. The maximum atomic E-state index is 12.1. The van der Waals surface area contributed by atoms with Crippen molar-refractivity contribution in [2.24, 2.45) is 11.8 Å². The molecule has 4 nitrogen and oxygen atoms in total. The number of hydrogen-bond donors (Lipinski definition) is 1. The van der Waals surface area contributed by atoms with E-state index in [9.17, 15) is 4.79 Å². The van der Waals surface area contributed by atoms with Gasteiger partial charge in [-0.1, -0.05) is 6.92 Å². The van der Waals surface area contributed by atoms with Crippen LogP contribution in [-0.2, 0) is 4.74 Å². The average Bonchev–Trinajstić information content (AvgIpc) is 3.00. The van der Waals surface area contributed by atoms with Crippen molar-refractivity contribution in [1.29, 1.82) is 0 Å². The van der Waals surface area contributed by atoms with Crippen molar-refractivity contribution in [1.82, 2.24) is 10.2 Å². The first kappa shape index (κ1) is 14.6. The van der Waals surface area contributed by atoms with Gasteiger partial charge in [-0.25, -0.2) is 4.79 Å². The lowest BCUT2D eigenvalue weighted by Gasteiger charge is -2.26. The van der Waals surface area contributed by atoms with E-state index in [0.717, 1.165) is 32.0 Å². The molecule has 2 aliphatic rings. The summed E-state index contributed by atoms with van der Waals surface area (Å²) in [6.45, 7) is 10.6. The van der Waals surface area contributed by atoms with Gasteiger partial charge in [-0.2, -0.15) is 0 Å². The summed E-state index contributed by atoms with van der Waals surface area (Å²) in [5.41, 5.74) is -0.396. The molecule has 1 aliphatic carbocycles. The number of carbonyl (C=O) groups is 1. The average molecular weight is 268 g/mol.